The topological polar surface area (TPSA) is 106 Å². The summed E-state index contributed by atoms with van der Waals surface area (Å²) in [5, 5.41) is 3.78. The Bertz CT molecular complexity index is 1120. The minimum atomic E-state index is -0.743. The lowest BCUT2D eigenvalue weighted by molar-refractivity contribution is -0.139. The van der Waals surface area contributed by atoms with Crippen molar-refractivity contribution in [3.63, 3.8) is 0 Å². The van der Waals surface area contributed by atoms with Crippen LogP contribution in [-0.2, 0) is 19.1 Å². The smallest absolute Gasteiger partial charge is 0.347 e. The van der Waals surface area contributed by atoms with E-state index >= 15 is 0 Å². The lowest BCUT2D eigenvalue weighted by Gasteiger charge is -2.08. The highest BCUT2D eigenvalue weighted by molar-refractivity contribution is 6.26. The Labute approximate surface area is 159 Å². The number of aromatic nitrogens is 3. The number of nitrogens with one attached hydrogen (secondary N) is 2. The number of aromatic amines is 1. The van der Waals surface area contributed by atoms with Gasteiger partial charge in [0.2, 0.25) is 11.7 Å². The van der Waals surface area contributed by atoms with E-state index in [-0.39, 0.29) is 23.8 Å². The predicted molar refractivity (Wildman–Crippen MR) is 102 cm³/mol. The van der Waals surface area contributed by atoms with Crippen molar-refractivity contribution in [1.82, 2.24) is 15.0 Å². The summed E-state index contributed by atoms with van der Waals surface area (Å²) in [6, 6.07) is 7.06. The summed E-state index contributed by atoms with van der Waals surface area (Å²) in [4.78, 5) is 36.4. The van der Waals surface area contributed by atoms with E-state index in [4.69, 9.17) is 9.47 Å². The monoisotopic (exact) mass is 376 g/mol. The van der Waals surface area contributed by atoms with Gasteiger partial charge in [-0.05, 0) is 37.3 Å². The van der Waals surface area contributed by atoms with Crippen LogP contribution >= 0.6 is 0 Å². The highest BCUT2D eigenvalue weighted by Crippen LogP contribution is 2.30. The average Bonchev–Trinajstić information content (AvgIpc) is 3.24. The molecule has 4 rings (SSSR count). The number of ketones is 1. The fourth-order valence-corrected chi connectivity index (χ4v) is 2.81. The van der Waals surface area contributed by atoms with Crippen LogP contribution in [0, 0.1) is 0 Å². The van der Waals surface area contributed by atoms with E-state index in [1.165, 1.54) is 0 Å². The summed E-state index contributed by atoms with van der Waals surface area (Å²) in [7, 11) is 0. The number of carbonyl (C=O) groups excluding carboxylic acids is 2. The first kappa shape index (κ1) is 17.5. The highest BCUT2D eigenvalue weighted by Gasteiger charge is 2.37. The van der Waals surface area contributed by atoms with Crippen molar-refractivity contribution >= 4 is 34.5 Å². The number of ether oxygens (including phenoxy) is 2. The maximum atomic E-state index is 12.9. The Balaban J connectivity index is 1.70. The number of anilines is 1. The molecule has 3 aromatic heterocycles. The molecule has 0 bridgehead atoms. The zero-order valence-electron chi connectivity index (χ0n) is 14.9. The van der Waals surface area contributed by atoms with Gasteiger partial charge in [-0.1, -0.05) is 0 Å². The maximum absolute atomic E-state index is 12.9. The molecule has 3 aromatic rings. The largest absolute Gasteiger partial charge is 0.462 e. The molecule has 0 aromatic carbocycles. The molecule has 0 spiro atoms. The number of allylic oxidation sites excluding steroid dienone is 1. The third kappa shape index (κ3) is 3.23. The summed E-state index contributed by atoms with van der Waals surface area (Å²) in [6.45, 7) is 1.82. The van der Waals surface area contributed by atoms with Gasteiger partial charge in [-0.3, -0.25) is 9.78 Å². The van der Waals surface area contributed by atoms with Gasteiger partial charge in [0.05, 0.1) is 6.61 Å². The molecule has 0 aliphatic carbocycles. The van der Waals surface area contributed by atoms with E-state index < -0.39 is 11.8 Å². The molecule has 8 nitrogen and oxygen atoms in total. The molecule has 0 fully saturated rings. The lowest BCUT2D eigenvalue weighted by Crippen LogP contribution is -2.16. The quantitative estimate of drug-likeness (QED) is 0.401. The molecule has 0 radical (unpaired) electrons. The summed E-state index contributed by atoms with van der Waals surface area (Å²) in [6.07, 6.45) is 8.13. The highest BCUT2D eigenvalue weighted by atomic mass is 16.5. The Morgan fingerprint density at radius 2 is 2.11 bits per heavy atom. The van der Waals surface area contributed by atoms with Crippen molar-refractivity contribution in [3.05, 3.63) is 71.8 Å². The Kier molecular flexibility index (Phi) is 4.59. The first-order valence-corrected chi connectivity index (χ1v) is 8.62. The van der Waals surface area contributed by atoms with Crippen molar-refractivity contribution in [2.45, 2.75) is 6.92 Å². The second-order valence-electron chi connectivity index (χ2n) is 5.87. The van der Waals surface area contributed by atoms with E-state index in [0.717, 1.165) is 10.9 Å². The number of hydrogen-bond donors (Lipinski definition) is 2. The Morgan fingerprint density at radius 3 is 2.89 bits per heavy atom. The molecule has 0 saturated heterocycles. The number of H-pyrrole nitrogens is 1. The normalized spacial score (nSPS) is 15.2. The van der Waals surface area contributed by atoms with Gasteiger partial charge in [-0.15, -0.1) is 0 Å². The first-order valence-electron chi connectivity index (χ1n) is 8.62. The average molecular weight is 376 g/mol. The van der Waals surface area contributed by atoms with Crippen LogP contribution in [0.5, 0.6) is 0 Å². The van der Waals surface area contributed by atoms with Crippen molar-refractivity contribution in [2.75, 3.05) is 11.9 Å². The Morgan fingerprint density at radius 1 is 1.29 bits per heavy atom. The molecule has 0 saturated carbocycles. The molecule has 140 valence electrons. The summed E-state index contributed by atoms with van der Waals surface area (Å²) < 4.78 is 10.7. The molecule has 1 aliphatic heterocycles. The van der Waals surface area contributed by atoms with E-state index in [1.807, 2.05) is 6.07 Å². The third-order valence-electron chi connectivity index (χ3n) is 4.08. The number of pyridine rings is 2. The number of hydrogen-bond acceptors (Lipinski definition) is 7. The van der Waals surface area contributed by atoms with Crippen molar-refractivity contribution < 1.29 is 19.1 Å². The van der Waals surface area contributed by atoms with Gasteiger partial charge in [0.25, 0.3) is 0 Å². The zero-order chi connectivity index (χ0) is 19.5. The van der Waals surface area contributed by atoms with Crippen LogP contribution in [0.15, 0.2) is 66.3 Å². The molecule has 0 unspecified atom stereocenters. The van der Waals surface area contributed by atoms with Crippen molar-refractivity contribution in [3.8, 4) is 0 Å². The molecular formula is C20H16N4O4. The molecular weight excluding hydrogens is 360 g/mol. The number of carbonyl (C=O) groups is 2. The zero-order valence-corrected chi connectivity index (χ0v) is 14.9. The van der Waals surface area contributed by atoms with E-state index in [2.05, 4.69) is 20.3 Å². The first-order chi connectivity index (χ1) is 13.7. The second kappa shape index (κ2) is 7.36. The number of fused-ring (bicyclic) bond motifs is 1. The number of esters is 1. The van der Waals surface area contributed by atoms with Gasteiger partial charge < -0.3 is 19.8 Å². The van der Waals surface area contributed by atoms with Gasteiger partial charge in [0.15, 0.2) is 11.3 Å². The van der Waals surface area contributed by atoms with Crippen LogP contribution in [0.1, 0.15) is 12.5 Å². The molecule has 0 amide bonds. The number of nitrogens with zero attached hydrogens (tertiary/aromatic N) is 2. The van der Waals surface area contributed by atoms with Crippen LogP contribution in [-0.4, -0.2) is 33.3 Å². The van der Waals surface area contributed by atoms with Crippen LogP contribution < -0.4 is 5.32 Å². The molecule has 8 heteroatoms. The van der Waals surface area contributed by atoms with E-state index in [0.29, 0.717) is 11.3 Å². The summed E-state index contributed by atoms with van der Waals surface area (Å²) in [5.74, 6) is -1.25. The summed E-state index contributed by atoms with van der Waals surface area (Å²) in [5.41, 5.74) is 1.85. The van der Waals surface area contributed by atoms with Gasteiger partial charge in [0.1, 0.15) is 5.65 Å². The third-order valence-corrected chi connectivity index (χ3v) is 4.08. The predicted octanol–water partition coefficient (Wildman–Crippen LogP) is 2.78. The standard InChI is InChI=1S/C20H16N4O4/c1-2-27-20(26)16-17(25)15(28-19(16)24-13-5-8-21-9-6-13)10-12-11-23-18-14(12)4-3-7-22-18/h3-11H,2H2,1H3,(H,21,24)(H,22,23). The molecule has 1 aliphatic rings. The lowest BCUT2D eigenvalue weighted by atomic mass is 10.1. The fraction of sp³-hybridized carbons (Fsp3) is 0.100. The number of Topliss-reactive ketones (excluding diaryl/α,β-unsaturated/α-hetero) is 1. The van der Waals surface area contributed by atoms with E-state index in [1.54, 1.807) is 56.0 Å². The maximum Gasteiger partial charge on any atom is 0.347 e. The molecule has 4 heterocycles. The Hall–Kier alpha value is -3.94. The number of rotatable bonds is 5. The SMILES string of the molecule is CCOC(=O)C1=C(Nc2ccncc2)OC(=Cc2c[nH]c3ncccc23)C1=O. The van der Waals surface area contributed by atoms with Crippen LogP contribution in [0.4, 0.5) is 5.69 Å². The van der Waals surface area contributed by atoms with Crippen molar-refractivity contribution in [2.24, 2.45) is 0 Å². The van der Waals surface area contributed by atoms with Gasteiger partial charge >= 0.3 is 5.97 Å². The van der Waals surface area contributed by atoms with Gasteiger partial charge in [0, 0.05) is 41.4 Å². The van der Waals surface area contributed by atoms with Crippen molar-refractivity contribution in [1.29, 1.82) is 0 Å². The van der Waals surface area contributed by atoms with Gasteiger partial charge in [-0.25, -0.2) is 9.78 Å². The van der Waals surface area contributed by atoms with Crippen LogP contribution in [0.3, 0.4) is 0 Å². The second-order valence-corrected chi connectivity index (χ2v) is 5.87. The minimum absolute atomic E-state index is 0.0179. The van der Waals surface area contributed by atoms with Gasteiger partial charge in [-0.2, -0.15) is 0 Å². The molecule has 0 atom stereocenters. The molecule has 2 N–H and O–H groups in total. The minimum Gasteiger partial charge on any atom is -0.462 e. The van der Waals surface area contributed by atoms with Crippen LogP contribution in [0.25, 0.3) is 17.1 Å². The fourth-order valence-electron chi connectivity index (χ4n) is 2.81. The van der Waals surface area contributed by atoms with E-state index in [9.17, 15) is 9.59 Å². The molecule has 28 heavy (non-hydrogen) atoms. The summed E-state index contributed by atoms with van der Waals surface area (Å²) >= 11 is 0. The van der Waals surface area contributed by atoms with Crippen LogP contribution in [0.2, 0.25) is 0 Å².